The molecule has 0 aliphatic heterocycles. The van der Waals surface area contributed by atoms with E-state index in [0.717, 1.165) is 22.5 Å². The highest BCUT2D eigenvalue weighted by Gasteiger charge is 2.39. The zero-order valence-electron chi connectivity index (χ0n) is 8.96. The molecule has 1 saturated carbocycles. The van der Waals surface area contributed by atoms with Crippen molar-refractivity contribution in [1.82, 2.24) is 9.97 Å². The van der Waals surface area contributed by atoms with Gasteiger partial charge in [-0.25, -0.2) is 4.79 Å². The quantitative estimate of drug-likeness (QED) is 0.774. The van der Waals surface area contributed by atoms with Crippen LogP contribution in [0.5, 0.6) is 0 Å². The lowest BCUT2D eigenvalue weighted by molar-refractivity contribution is 0.723. The first-order valence-electron chi connectivity index (χ1n) is 5.51. The standard InChI is InChI=1S/C12H13ClN2O/c1-6-4-8(6)11(13)7-2-3-9-10(5-7)15-12(16)14-9/h2-3,5-6,8,11H,4H2,1H3,(H2,14,15,16). The number of nitrogens with one attached hydrogen (secondary N) is 2. The van der Waals surface area contributed by atoms with E-state index < -0.39 is 0 Å². The molecule has 2 aromatic rings. The van der Waals surface area contributed by atoms with Gasteiger partial charge in [0.1, 0.15) is 0 Å². The predicted octanol–water partition coefficient (Wildman–Crippen LogP) is 2.79. The largest absolute Gasteiger partial charge is 0.323 e. The molecule has 3 nitrogen and oxygen atoms in total. The Morgan fingerprint density at radius 1 is 1.38 bits per heavy atom. The van der Waals surface area contributed by atoms with Gasteiger partial charge >= 0.3 is 5.69 Å². The molecular weight excluding hydrogens is 224 g/mol. The normalized spacial score (nSPS) is 25.9. The Kier molecular flexibility index (Phi) is 2.11. The lowest BCUT2D eigenvalue weighted by Gasteiger charge is -2.08. The Balaban J connectivity index is 2.01. The van der Waals surface area contributed by atoms with Crippen LogP contribution in [0, 0.1) is 11.8 Å². The highest BCUT2D eigenvalue weighted by molar-refractivity contribution is 6.21. The van der Waals surface area contributed by atoms with Gasteiger partial charge in [0.15, 0.2) is 0 Å². The fraction of sp³-hybridized carbons (Fsp3) is 0.417. The molecule has 1 aliphatic carbocycles. The Morgan fingerprint density at radius 3 is 2.75 bits per heavy atom. The van der Waals surface area contributed by atoms with Gasteiger partial charge in [-0.1, -0.05) is 13.0 Å². The first kappa shape index (κ1) is 9.97. The first-order chi connectivity index (χ1) is 7.65. The van der Waals surface area contributed by atoms with Crippen molar-refractivity contribution in [2.75, 3.05) is 0 Å². The number of aromatic nitrogens is 2. The van der Waals surface area contributed by atoms with Gasteiger partial charge in [0.25, 0.3) is 0 Å². The summed E-state index contributed by atoms with van der Waals surface area (Å²) in [7, 11) is 0. The van der Waals surface area contributed by atoms with Crippen molar-refractivity contribution in [3.05, 3.63) is 34.2 Å². The van der Waals surface area contributed by atoms with Gasteiger partial charge in [0, 0.05) is 0 Å². The maximum atomic E-state index is 11.1. The molecule has 1 aliphatic rings. The number of alkyl halides is 1. The maximum absolute atomic E-state index is 11.1. The van der Waals surface area contributed by atoms with E-state index in [-0.39, 0.29) is 11.1 Å². The van der Waals surface area contributed by atoms with Crippen LogP contribution in [0.3, 0.4) is 0 Å². The summed E-state index contributed by atoms with van der Waals surface area (Å²) in [6.07, 6.45) is 1.20. The van der Waals surface area contributed by atoms with Crippen LogP contribution >= 0.6 is 11.6 Å². The van der Waals surface area contributed by atoms with E-state index in [0.29, 0.717) is 5.92 Å². The molecule has 3 rings (SSSR count). The minimum absolute atomic E-state index is 0.0674. The number of aromatic amines is 2. The number of benzene rings is 1. The summed E-state index contributed by atoms with van der Waals surface area (Å²) < 4.78 is 0. The van der Waals surface area contributed by atoms with E-state index in [1.807, 2.05) is 18.2 Å². The van der Waals surface area contributed by atoms with Gasteiger partial charge in [-0.2, -0.15) is 0 Å². The van der Waals surface area contributed by atoms with Crippen LogP contribution in [0.15, 0.2) is 23.0 Å². The molecule has 1 aromatic carbocycles. The summed E-state index contributed by atoms with van der Waals surface area (Å²) in [5, 5.41) is 0.0674. The van der Waals surface area contributed by atoms with Crippen molar-refractivity contribution in [2.45, 2.75) is 18.7 Å². The van der Waals surface area contributed by atoms with E-state index in [4.69, 9.17) is 11.6 Å². The van der Waals surface area contributed by atoms with Crippen LogP contribution in [0.1, 0.15) is 24.3 Å². The number of hydrogen-bond donors (Lipinski definition) is 2. The van der Waals surface area contributed by atoms with Crippen molar-refractivity contribution < 1.29 is 0 Å². The lowest BCUT2D eigenvalue weighted by atomic mass is 10.1. The van der Waals surface area contributed by atoms with Crippen LogP contribution in [-0.4, -0.2) is 9.97 Å². The second-order valence-corrected chi connectivity index (χ2v) is 5.13. The summed E-state index contributed by atoms with van der Waals surface area (Å²) in [6.45, 7) is 2.22. The molecule has 84 valence electrons. The van der Waals surface area contributed by atoms with Crippen molar-refractivity contribution in [3.63, 3.8) is 0 Å². The summed E-state index contributed by atoms with van der Waals surface area (Å²) in [5.41, 5.74) is 2.60. The number of hydrogen-bond acceptors (Lipinski definition) is 1. The van der Waals surface area contributed by atoms with E-state index in [1.54, 1.807) is 0 Å². The summed E-state index contributed by atoms with van der Waals surface area (Å²) in [6, 6.07) is 5.87. The van der Waals surface area contributed by atoms with Gasteiger partial charge in [-0.3, -0.25) is 0 Å². The molecule has 0 spiro atoms. The Hall–Kier alpha value is -1.22. The number of H-pyrrole nitrogens is 2. The Morgan fingerprint density at radius 2 is 2.06 bits per heavy atom. The molecule has 3 atom stereocenters. The van der Waals surface area contributed by atoms with E-state index in [1.165, 1.54) is 6.42 Å². The monoisotopic (exact) mass is 236 g/mol. The third-order valence-corrected chi connectivity index (χ3v) is 3.98. The second kappa shape index (κ2) is 3.39. The van der Waals surface area contributed by atoms with E-state index in [9.17, 15) is 4.79 Å². The SMILES string of the molecule is CC1CC1C(Cl)c1ccc2[nH]c(=O)[nH]c2c1. The average Bonchev–Trinajstić information content (AvgIpc) is 2.85. The summed E-state index contributed by atoms with van der Waals surface area (Å²) >= 11 is 6.40. The van der Waals surface area contributed by atoms with E-state index in [2.05, 4.69) is 16.9 Å². The van der Waals surface area contributed by atoms with Gasteiger partial charge in [0.05, 0.1) is 16.4 Å². The molecule has 0 amide bonds. The topological polar surface area (TPSA) is 48.6 Å². The van der Waals surface area contributed by atoms with Gasteiger partial charge in [-0.05, 0) is 36.0 Å². The molecule has 4 heteroatoms. The van der Waals surface area contributed by atoms with Crippen molar-refractivity contribution in [3.8, 4) is 0 Å². The number of fused-ring (bicyclic) bond motifs is 1. The van der Waals surface area contributed by atoms with Crippen LogP contribution in [0.2, 0.25) is 0 Å². The molecule has 1 aromatic heterocycles. The minimum Gasteiger partial charge on any atom is -0.306 e. The molecule has 0 radical (unpaired) electrons. The predicted molar refractivity (Wildman–Crippen MR) is 64.8 cm³/mol. The number of imidazole rings is 1. The average molecular weight is 237 g/mol. The lowest BCUT2D eigenvalue weighted by Crippen LogP contribution is -1.99. The third kappa shape index (κ3) is 1.55. The van der Waals surface area contributed by atoms with Crippen molar-refractivity contribution in [1.29, 1.82) is 0 Å². The molecular formula is C12H13ClN2O. The van der Waals surface area contributed by atoms with Crippen LogP contribution < -0.4 is 5.69 Å². The minimum atomic E-state index is -0.168. The summed E-state index contributed by atoms with van der Waals surface area (Å²) in [5.74, 6) is 1.31. The smallest absolute Gasteiger partial charge is 0.306 e. The van der Waals surface area contributed by atoms with Crippen LogP contribution in [0.25, 0.3) is 11.0 Å². The Labute approximate surface area is 97.8 Å². The van der Waals surface area contributed by atoms with Crippen molar-refractivity contribution in [2.24, 2.45) is 11.8 Å². The molecule has 1 fully saturated rings. The fourth-order valence-electron chi connectivity index (χ4n) is 2.23. The Bertz CT molecular complexity index is 586. The number of rotatable bonds is 2. The zero-order valence-corrected chi connectivity index (χ0v) is 9.71. The van der Waals surface area contributed by atoms with Gasteiger partial charge < -0.3 is 9.97 Å². The van der Waals surface area contributed by atoms with Crippen molar-refractivity contribution >= 4 is 22.6 Å². The van der Waals surface area contributed by atoms with Crippen LogP contribution in [-0.2, 0) is 0 Å². The zero-order chi connectivity index (χ0) is 11.3. The van der Waals surface area contributed by atoms with E-state index >= 15 is 0 Å². The van der Waals surface area contributed by atoms with Gasteiger partial charge in [0.2, 0.25) is 0 Å². The molecule has 1 heterocycles. The van der Waals surface area contributed by atoms with Gasteiger partial charge in [-0.15, -0.1) is 11.6 Å². The molecule has 0 bridgehead atoms. The number of halogens is 1. The highest BCUT2D eigenvalue weighted by atomic mass is 35.5. The summed E-state index contributed by atoms with van der Waals surface area (Å²) in [4.78, 5) is 16.6. The fourth-order valence-corrected chi connectivity index (χ4v) is 2.71. The van der Waals surface area contributed by atoms with Crippen LogP contribution in [0.4, 0.5) is 0 Å². The maximum Gasteiger partial charge on any atom is 0.323 e. The first-order valence-corrected chi connectivity index (χ1v) is 5.95. The third-order valence-electron chi connectivity index (χ3n) is 3.41. The second-order valence-electron chi connectivity index (χ2n) is 4.66. The highest BCUT2D eigenvalue weighted by Crippen LogP contribution is 2.50. The molecule has 3 unspecified atom stereocenters. The molecule has 2 N–H and O–H groups in total. The molecule has 16 heavy (non-hydrogen) atoms. The molecule has 0 saturated heterocycles.